The van der Waals surface area contributed by atoms with Crippen molar-refractivity contribution >= 4 is 28.9 Å². The first-order chi connectivity index (χ1) is 16.5. The van der Waals surface area contributed by atoms with Gasteiger partial charge in [0.2, 0.25) is 0 Å². The van der Waals surface area contributed by atoms with Gasteiger partial charge in [-0.25, -0.2) is 14.1 Å². The van der Waals surface area contributed by atoms with E-state index in [9.17, 15) is 4.39 Å². The van der Waals surface area contributed by atoms with Crippen molar-refractivity contribution in [2.75, 3.05) is 25.0 Å². The Bertz CT molecular complexity index is 1320. The van der Waals surface area contributed by atoms with Crippen LogP contribution in [0.25, 0.3) is 28.4 Å². The van der Waals surface area contributed by atoms with Crippen LogP contribution in [0, 0.1) is 0 Å². The van der Waals surface area contributed by atoms with Crippen LogP contribution >= 0.6 is 0 Å². The Morgan fingerprint density at radius 1 is 1.06 bits per heavy atom. The molecule has 9 heteroatoms. The molecule has 5 rings (SSSR count). The summed E-state index contributed by atoms with van der Waals surface area (Å²) in [6.07, 6.45) is 10.8. The lowest BCUT2D eigenvalue weighted by Gasteiger charge is -2.12. The normalized spacial score (nSPS) is 14.9. The molecule has 1 N–H and O–H groups in total. The molecule has 4 aromatic rings. The summed E-state index contributed by atoms with van der Waals surface area (Å²) in [6, 6.07) is 7.71. The van der Waals surface area contributed by atoms with Gasteiger partial charge in [0.05, 0.1) is 36.2 Å². The van der Waals surface area contributed by atoms with E-state index in [1.807, 2.05) is 24.3 Å². The van der Waals surface area contributed by atoms with Crippen LogP contribution in [0.5, 0.6) is 0 Å². The molecule has 1 fully saturated rings. The molecule has 0 bridgehead atoms. The van der Waals surface area contributed by atoms with Gasteiger partial charge in [-0.05, 0) is 61.7 Å². The molecule has 5 heterocycles. The zero-order chi connectivity index (χ0) is 23.5. The minimum atomic E-state index is -0.199. The van der Waals surface area contributed by atoms with E-state index in [4.69, 9.17) is 4.98 Å². The molecule has 0 atom stereocenters. The molecule has 1 saturated heterocycles. The highest BCUT2D eigenvalue weighted by molar-refractivity contribution is 5.81. The number of pyridine rings is 2. The molecular weight excluding hydrogens is 431 g/mol. The second kappa shape index (κ2) is 9.64. The lowest BCUT2D eigenvalue weighted by molar-refractivity contribution is 0.340. The van der Waals surface area contributed by atoms with Crippen molar-refractivity contribution in [3.05, 3.63) is 60.4 Å². The smallest absolute Gasteiger partial charge is 0.154 e. The lowest BCUT2D eigenvalue weighted by Crippen LogP contribution is -2.20. The van der Waals surface area contributed by atoms with Crippen molar-refractivity contribution in [1.29, 1.82) is 0 Å². The Morgan fingerprint density at radius 2 is 1.91 bits per heavy atom. The van der Waals surface area contributed by atoms with Gasteiger partial charge in [-0.3, -0.25) is 9.88 Å². The molecule has 0 spiro atoms. The molecule has 0 amide bonds. The van der Waals surface area contributed by atoms with E-state index >= 15 is 0 Å². The van der Waals surface area contributed by atoms with Gasteiger partial charge in [0.1, 0.15) is 11.6 Å². The number of likely N-dealkylation sites (tertiary alicyclic amines) is 1. The maximum atomic E-state index is 14.4. The van der Waals surface area contributed by atoms with Crippen LogP contribution in [0.3, 0.4) is 0 Å². The summed E-state index contributed by atoms with van der Waals surface area (Å²) in [7, 11) is 0. The van der Waals surface area contributed by atoms with Crippen molar-refractivity contribution in [2.24, 2.45) is 0 Å². The molecular formula is C25H27FN8. The molecule has 1 aliphatic heterocycles. The van der Waals surface area contributed by atoms with Crippen LogP contribution in [0.2, 0.25) is 0 Å². The van der Waals surface area contributed by atoms with Gasteiger partial charge in [0.15, 0.2) is 5.82 Å². The quantitative estimate of drug-likeness (QED) is 0.416. The molecule has 174 valence electrons. The average Bonchev–Trinajstić information content (AvgIpc) is 3.51. The third-order valence-electron chi connectivity index (χ3n) is 5.92. The predicted molar refractivity (Wildman–Crippen MR) is 131 cm³/mol. The standard InChI is InChI=1S/C25H27FN8/c1-17(2)18-10-25(32-28-12-18)31-24-6-5-22-23(30-24)9-19(11-27-22)20-13-29-34(14-20)16-21(26)15-33-7-3-4-8-33/h5-6,9-14,16-17H,3-4,7-8,15H2,1-2H3,(H,30,31,32)/b21-16-. The van der Waals surface area contributed by atoms with Crippen molar-refractivity contribution in [1.82, 2.24) is 34.8 Å². The third-order valence-corrected chi connectivity index (χ3v) is 5.92. The van der Waals surface area contributed by atoms with E-state index in [0.717, 1.165) is 53.7 Å². The lowest BCUT2D eigenvalue weighted by atomic mass is 10.1. The van der Waals surface area contributed by atoms with Gasteiger partial charge in [0, 0.05) is 23.5 Å². The molecule has 4 aromatic heterocycles. The summed E-state index contributed by atoms with van der Waals surface area (Å²) in [5, 5.41) is 15.7. The Morgan fingerprint density at radius 3 is 2.74 bits per heavy atom. The van der Waals surface area contributed by atoms with Crippen molar-refractivity contribution in [2.45, 2.75) is 32.6 Å². The molecule has 0 radical (unpaired) electrons. The number of aromatic nitrogens is 6. The largest absolute Gasteiger partial charge is 0.323 e. The second-order valence-electron chi connectivity index (χ2n) is 8.88. The summed E-state index contributed by atoms with van der Waals surface area (Å²) in [5.74, 6) is 1.46. The molecule has 1 aliphatic rings. The van der Waals surface area contributed by atoms with E-state index in [1.54, 1.807) is 24.8 Å². The number of anilines is 2. The minimum Gasteiger partial charge on any atom is -0.323 e. The van der Waals surface area contributed by atoms with E-state index in [0.29, 0.717) is 24.1 Å². The van der Waals surface area contributed by atoms with Crippen LogP contribution in [0.1, 0.15) is 38.2 Å². The van der Waals surface area contributed by atoms with E-state index in [1.165, 1.54) is 10.9 Å². The van der Waals surface area contributed by atoms with E-state index < -0.39 is 0 Å². The first-order valence-corrected chi connectivity index (χ1v) is 11.5. The number of nitrogens with zero attached hydrogens (tertiary/aromatic N) is 7. The molecule has 8 nitrogen and oxygen atoms in total. The minimum absolute atomic E-state index is 0.199. The summed E-state index contributed by atoms with van der Waals surface area (Å²) in [6.45, 7) is 6.46. The highest BCUT2D eigenvalue weighted by atomic mass is 19.1. The summed E-state index contributed by atoms with van der Waals surface area (Å²) >= 11 is 0. The zero-order valence-corrected chi connectivity index (χ0v) is 19.3. The summed E-state index contributed by atoms with van der Waals surface area (Å²) in [4.78, 5) is 11.3. The SMILES string of the molecule is CC(C)c1cnnc(Nc2ccc3ncc(-c4cnn(/C=C(\F)CN5CCCC5)c4)cc3n2)c1. The fourth-order valence-electron chi connectivity index (χ4n) is 4.02. The topological polar surface area (TPSA) is 84.7 Å². The van der Waals surface area contributed by atoms with Crippen molar-refractivity contribution in [3.63, 3.8) is 0 Å². The van der Waals surface area contributed by atoms with E-state index in [-0.39, 0.29) is 5.83 Å². The van der Waals surface area contributed by atoms with Gasteiger partial charge in [0.25, 0.3) is 0 Å². The third kappa shape index (κ3) is 5.09. The Hall–Kier alpha value is -3.72. The Kier molecular flexibility index (Phi) is 6.27. The monoisotopic (exact) mass is 458 g/mol. The Balaban J connectivity index is 1.35. The van der Waals surface area contributed by atoms with Crippen LogP contribution in [0.15, 0.2) is 54.9 Å². The highest BCUT2D eigenvalue weighted by Gasteiger charge is 2.13. The van der Waals surface area contributed by atoms with Crippen molar-refractivity contribution < 1.29 is 4.39 Å². The van der Waals surface area contributed by atoms with Gasteiger partial charge >= 0.3 is 0 Å². The fourth-order valence-corrected chi connectivity index (χ4v) is 4.02. The van der Waals surface area contributed by atoms with Gasteiger partial charge in [-0.1, -0.05) is 13.8 Å². The average molecular weight is 459 g/mol. The van der Waals surface area contributed by atoms with Crippen LogP contribution in [-0.4, -0.2) is 54.5 Å². The fraction of sp³-hybridized carbons (Fsp3) is 0.320. The maximum absolute atomic E-state index is 14.4. The van der Waals surface area contributed by atoms with Crippen molar-refractivity contribution in [3.8, 4) is 11.1 Å². The number of hydrogen-bond acceptors (Lipinski definition) is 7. The number of hydrogen-bond donors (Lipinski definition) is 1. The molecule has 0 aliphatic carbocycles. The van der Waals surface area contributed by atoms with Gasteiger partial charge in [-0.2, -0.15) is 10.2 Å². The number of fused-ring (bicyclic) bond motifs is 1. The maximum Gasteiger partial charge on any atom is 0.154 e. The van der Waals surface area contributed by atoms with Gasteiger partial charge < -0.3 is 5.32 Å². The van der Waals surface area contributed by atoms with Crippen LogP contribution < -0.4 is 5.32 Å². The van der Waals surface area contributed by atoms with Crippen LogP contribution in [0.4, 0.5) is 16.0 Å². The van der Waals surface area contributed by atoms with Crippen LogP contribution in [-0.2, 0) is 0 Å². The highest BCUT2D eigenvalue weighted by Crippen LogP contribution is 2.24. The predicted octanol–water partition coefficient (Wildman–Crippen LogP) is 5.01. The zero-order valence-electron chi connectivity index (χ0n) is 19.3. The second-order valence-corrected chi connectivity index (χ2v) is 8.88. The Labute approximate surface area is 197 Å². The van der Waals surface area contributed by atoms with E-state index in [2.05, 4.69) is 44.3 Å². The molecule has 0 unspecified atom stereocenters. The number of rotatable bonds is 7. The summed E-state index contributed by atoms with van der Waals surface area (Å²) in [5.41, 5.74) is 4.32. The number of halogens is 1. The molecule has 0 aromatic carbocycles. The number of nitrogens with one attached hydrogen (secondary N) is 1. The summed E-state index contributed by atoms with van der Waals surface area (Å²) < 4.78 is 15.9. The molecule has 34 heavy (non-hydrogen) atoms. The first kappa shape index (κ1) is 22.1. The first-order valence-electron chi connectivity index (χ1n) is 11.5. The van der Waals surface area contributed by atoms with Gasteiger partial charge in [-0.15, -0.1) is 5.10 Å². The molecule has 0 saturated carbocycles.